The molecule has 0 spiro atoms. The van der Waals surface area contributed by atoms with E-state index in [9.17, 15) is 0 Å². The molecule has 4 N–H and O–H groups in total. The molecule has 2 amide bonds. The summed E-state index contributed by atoms with van der Waals surface area (Å²) < 4.78 is 0. The topological polar surface area (TPSA) is 72.3 Å². The third-order valence-electron chi connectivity index (χ3n) is 1.33. The van der Waals surface area contributed by atoms with Gasteiger partial charge >= 0.3 is 6.03 Å². The van der Waals surface area contributed by atoms with Crippen LogP contribution in [0, 0.1) is 0 Å². The number of hydrogen-bond donors (Lipinski definition) is 2. The maximum absolute atomic E-state index is 9.00. The number of likely N-dealkylation sites (tertiary alicyclic amines) is 1. The predicted octanol–water partition coefficient (Wildman–Crippen LogP) is -0.264. The summed E-state index contributed by atoms with van der Waals surface area (Å²) in [4.78, 5) is 11.4. The van der Waals surface area contributed by atoms with Crippen LogP contribution in [0.5, 0.6) is 0 Å². The second kappa shape index (κ2) is 5.05. The lowest BCUT2D eigenvalue weighted by atomic mass is 10.4. The molecule has 1 heterocycles. The van der Waals surface area contributed by atoms with Crippen molar-refractivity contribution in [3.8, 4) is 0 Å². The van der Waals surface area contributed by atoms with Crippen molar-refractivity contribution in [3.63, 3.8) is 0 Å². The van der Waals surface area contributed by atoms with Gasteiger partial charge in [0.1, 0.15) is 0 Å². The normalized spacial score (nSPS) is 17.7. The minimum Gasteiger partial charge on any atom is -0.352 e. The Morgan fingerprint density at radius 2 is 1.60 bits per heavy atom. The summed E-state index contributed by atoms with van der Waals surface area (Å²) >= 11 is 0. The van der Waals surface area contributed by atoms with Gasteiger partial charge in [0.05, 0.1) is 0 Å². The van der Waals surface area contributed by atoms with Gasteiger partial charge in [0.25, 0.3) is 0 Å². The van der Waals surface area contributed by atoms with Crippen molar-refractivity contribution in [1.82, 2.24) is 4.90 Å². The fraction of sp³-hybridized carbons (Fsp3) is 0.833. The monoisotopic (exact) mass is 145 g/mol. The summed E-state index contributed by atoms with van der Waals surface area (Å²) in [5, 5.41) is 0. The Labute approximate surface area is 61.2 Å². The van der Waals surface area contributed by atoms with Crippen molar-refractivity contribution in [2.45, 2.75) is 12.8 Å². The molecule has 0 aromatic carbocycles. The minimum atomic E-state index is -0.833. The molecule has 0 aromatic heterocycles. The highest BCUT2D eigenvalue weighted by atomic mass is 16.2. The lowest BCUT2D eigenvalue weighted by Gasteiger charge is -2.01. The molecule has 0 aromatic rings. The zero-order valence-electron chi connectivity index (χ0n) is 6.34. The first-order chi connectivity index (χ1) is 4.63. The van der Waals surface area contributed by atoms with Gasteiger partial charge in [0, 0.05) is 0 Å². The maximum Gasteiger partial charge on any atom is 0.309 e. The lowest BCUT2D eigenvalue weighted by molar-refractivity contribution is 0.256. The van der Waals surface area contributed by atoms with Gasteiger partial charge in [0.15, 0.2) is 0 Å². The lowest BCUT2D eigenvalue weighted by Crippen LogP contribution is -2.18. The van der Waals surface area contributed by atoms with Crippen LogP contribution in [0.15, 0.2) is 0 Å². The van der Waals surface area contributed by atoms with E-state index in [1.54, 1.807) is 0 Å². The SMILES string of the molecule is CN1CCCC1.NC(N)=O. The second-order valence-electron chi connectivity index (χ2n) is 2.41. The van der Waals surface area contributed by atoms with Gasteiger partial charge in [-0.25, -0.2) is 4.79 Å². The van der Waals surface area contributed by atoms with Crippen molar-refractivity contribution in [2.75, 3.05) is 20.1 Å². The second-order valence-corrected chi connectivity index (χ2v) is 2.41. The third-order valence-corrected chi connectivity index (χ3v) is 1.33. The number of amides is 2. The van der Waals surface area contributed by atoms with Crippen molar-refractivity contribution >= 4 is 6.03 Å². The number of nitrogens with two attached hydrogens (primary N) is 2. The Hall–Kier alpha value is -0.770. The van der Waals surface area contributed by atoms with Crippen LogP contribution in [0.25, 0.3) is 0 Å². The number of hydrogen-bond acceptors (Lipinski definition) is 2. The molecule has 60 valence electrons. The molecule has 0 unspecified atom stereocenters. The molecular weight excluding hydrogens is 130 g/mol. The summed E-state index contributed by atoms with van der Waals surface area (Å²) in [6.07, 6.45) is 2.83. The Morgan fingerprint density at radius 1 is 1.30 bits per heavy atom. The quantitative estimate of drug-likeness (QED) is 0.492. The van der Waals surface area contributed by atoms with Crippen LogP contribution in [0.4, 0.5) is 4.79 Å². The average Bonchev–Trinajstić information content (AvgIpc) is 2.15. The maximum atomic E-state index is 9.00. The van der Waals surface area contributed by atoms with Crippen LogP contribution in [0.2, 0.25) is 0 Å². The van der Waals surface area contributed by atoms with Gasteiger partial charge in [-0.2, -0.15) is 0 Å². The van der Waals surface area contributed by atoms with E-state index >= 15 is 0 Å². The largest absolute Gasteiger partial charge is 0.352 e. The van der Waals surface area contributed by atoms with Gasteiger partial charge < -0.3 is 16.4 Å². The molecule has 4 heteroatoms. The molecule has 1 rings (SSSR count). The van der Waals surface area contributed by atoms with Gasteiger partial charge in [-0.15, -0.1) is 0 Å². The molecule has 0 radical (unpaired) electrons. The molecule has 0 aliphatic carbocycles. The van der Waals surface area contributed by atoms with E-state index < -0.39 is 6.03 Å². The zero-order chi connectivity index (χ0) is 7.98. The first-order valence-corrected chi connectivity index (χ1v) is 3.36. The molecule has 0 saturated carbocycles. The number of nitrogens with zero attached hydrogens (tertiary/aromatic N) is 1. The van der Waals surface area contributed by atoms with Crippen molar-refractivity contribution in [3.05, 3.63) is 0 Å². The van der Waals surface area contributed by atoms with Crippen molar-refractivity contribution in [2.24, 2.45) is 11.5 Å². The van der Waals surface area contributed by atoms with Gasteiger partial charge in [-0.1, -0.05) is 0 Å². The molecular formula is C6H15N3O. The van der Waals surface area contributed by atoms with Gasteiger partial charge in [-0.05, 0) is 33.0 Å². The van der Waals surface area contributed by atoms with Crippen molar-refractivity contribution in [1.29, 1.82) is 0 Å². The van der Waals surface area contributed by atoms with E-state index in [4.69, 9.17) is 4.79 Å². The minimum absolute atomic E-state index is 0.833. The number of urea groups is 1. The fourth-order valence-corrected chi connectivity index (χ4v) is 0.875. The molecule has 1 saturated heterocycles. The number of primary amides is 2. The predicted molar refractivity (Wildman–Crippen MR) is 40.5 cm³/mol. The van der Waals surface area contributed by atoms with Gasteiger partial charge in [-0.3, -0.25) is 0 Å². The summed E-state index contributed by atoms with van der Waals surface area (Å²) in [6, 6.07) is -0.833. The van der Waals surface area contributed by atoms with Crippen LogP contribution >= 0.6 is 0 Å². The standard InChI is InChI=1S/C5H11N.CH4N2O/c1-6-4-2-3-5-6;2-1(3)4/h2-5H2,1H3;(H4,2,3,4). The summed E-state index contributed by atoms with van der Waals surface area (Å²) in [7, 11) is 2.17. The van der Waals surface area contributed by atoms with Crippen LogP contribution < -0.4 is 11.5 Å². The van der Waals surface area contributed by atoms with Crippen molar-refractivity contribution < 1.29 is 4.79 Å². The third kappa shape index (κ3) is 7.23. The number of carbonyl (C=O) groups is 1. The first-order valence-electron chi connectivity index (χ1n) is 3.36. The van der Waals surface area contributed by atoms with E-state index in [0.717, 1.165) is 0 Å². The van der Waals surface area contributed by atoms with Crippen LogP contribution in [-0.2, 0) is 0 Å². The van der Waals surface area contributed by atoms with Crippen LogP contribution in [0.3, 0.4) is 0 Å². The number of carbonyl (C=O) groups excluding carboxylic acids is 1. The summed E-state index contributed by atoms with van der Waals surface area (Å²) in [5.74, 6) is 0. The fourth-order valence-electron chi connectivity index (χ4n) is 0.875. The Balaban J connectivity index is 0.000000180. The molecule has 10 heavy (non-hydrogen) atoms. The molecule has 4 nitrogen and oxygen atoms in total. The Bertz CT molecular complexity index is 95.2. The molecule has 0 bridgehead atoms. The highest BCUT2D eigenvalue weighted by Crippen LogP contribution is 2.01. The first kappa shape index (κ1) is 9.23. The Morgan fingerprint density at radius 3 is 1.70 bits per heavy atom. The summed E-state index contributed by atoms with van der Waals surface area (Å²) in [6.45, 7) is 2.64. The van der Waals surface area contributed by atoms with Crippen LogP contribution in [0.1, 0.15) is 12.8 Å². The highest BCUT2D eigenvalue weighted by molar-refractivity contribution is 5.69. The van der Waals surface area contributed by atoms with Crippen LogP contribution in [-0.4, -0.2) is 31.1 Å². The van der Waals surface area contributed by atoms with E-state index in [-0.39, 0.29) is 0 Å². The molecule has 1 aliphatic rings. The average molecular weight is 145 g/mol. The summed E-state index contributed by atoms with van der Waals surface area (Å²) in [5.41, 5.74) is 8.50. The molecule has 1 fully saturated rings. The Kier molecular flexibility index (Phi) is 4.66. The van der Waals surface area contributed by atoms with E-state index in [1.165, 1.54) is 25.9 Å². The van der Waals surface area contributed by atoms with E-state index in [1.807, 2.05) is 0 Å². The molecule has 0 atom stereocenters. The highest BCUT2D eigenvalue weighted by Gasteiger charge is 2.03. The van der Waals surface area contributed by atoms with E-state index in [0.29, 0.717) is 0 Å². The smallest absolute Gasteiger partial charge is 0.309 e. The molecule has 1 aliphatic heterocycles. The van der Waals surface area contributed by atoms with Gasteiger partial charge in [0.2, 0.25) is 0 Å². The zero-order valence-corrected chi connectivity index (χ0v) is 6.34. The van der Waals surface area contributed by atoms with E-state index in [2.05, 4.69) is 23.4 Å². The number of rotatable bonds is 0.